The predicted octanol–water partition coefficient (Wildman–Crippen LogP) is 4.52. The number of piperidine rings is 1. The fraction of sp³-hybridized carbons (Fsp3) is 0.333. The van der Waals surface area contributed by atoms with E-state index < -0.39 is 0 Å². The van der Waals surface area contributed by atoms with Gasteiger partial charge in [-0.2, -0.15) is 0 Å². The van der Waals surface area contributed by atoms with Crippen LogP contribution in [-0.2, 0) is 11.3 Å². The second-order valence-electron chi connectivity index (χ2n) is 7.25. The van der Waals surface area contributed by atoms with E-state index in [2.05, 4.69) is 9.88 Å². The highest BCUT2D eigenvalue weighted by molar-refractivity contribution is 6.36. The minimum absolute atomic E-state index is 0.0655. The molecule has 5 nitrogen and oxygen atoms in total. The maximum atomic E-state index is 12.8. The van der Waals surface area contributed by atoms with Crippen molar-refractivity contribution in [1.29, 1.82) is 0 Å². The highest BCUT2D eigenvalue weighted by Gasteiger charge is 2.28. The summed E-state index contributed by atoms with van der Waals surface area (Å²) in [5.41, 5.74) is 2.61. The number of pyridine rings is 1. The van der Waals surface area contributed by atoms with Crippen LogP contribution in [0.5, 0.6) is 0 Å². The molecule has 2 aromatic heterocycles. The first kappa shape index (κ1) is 19.2. The molecule has 0 saturated carbocycles. The summed E-state index contributed by atoms with van der Waals surface area (Å²) in [4.78, 5) is 21.5. The number of para-hydroxylation sites is 1. The van der Waals surface area contributed by atoms with Crippen LogP contribution in [0.25, 0.3) is 5.65 Å². The average molecular weight is 417 g/mol. The quantitative estimate of drug-likeness (QED) is 0.627. The molecule has 0 radical (unpaired) electrons. The highest BCUT2D eigenvalue weighted by Crippen LogP contribution is 2.25. The normalized spacial score (nSPS) is 15.8. The van der Waals surface area contributed by atoms with Gasteiger partial charge in [-0.15, -0.1) is 0 Å². The van der Waals surface area contributed by atoms with E-state index in [-0.39, 0.29) is 11.8 Å². The smallest absolute Gasteiger partial charge is 0.229 e. The second kappa shape index (κ2) is 8.11. The first-order valence-electron chi connectivity index (χ1n) is 9.39. The van der Waals surface area contributed by atoms with E-state index in [1.807, 2.05) is 54.2 Å². The number of hydrogen-bond acceptors (Lipinski definition) is 3. The third-order valence-electron chi connectivity index (χ3n) is 5.32. The number of nitrogens with zero attached hydrogens (tertiary/aromatic N) is 4. The maximum absolute atomic E-state index is 12.8. The van der Waals surface area contributed by atoms with Crippen molar-refractivity contribution in [3.63, 3.8) is 0 Å². The first-order valence-corrected chi connectivity index (χ1v) is 10.1. The number of fused-ring (bicyclic) bond motifs is 1. The zero-order chi connectivity index (χ0) is 19.7. The largest absolute Gasteiger partial charge is 0.315 e. The molecule has 0 bridgehead atoms. The first-order chi connectivity index (χ1) is 13.5. The van der Waals surface area contributed by atoms with Gasteiger partial charge in [-0.25, -0.2) is 4.98 Å². The number of benzene rings is 1. The van der Waals surface area contributed by atoms with Gasteiger partial charge in [-0.3, -0.25) is 9.69 Å². The number of carbonyl (C=O) groups is 1. The molecule has 7 heteroatoms. The van der Waals surface area contributed by atoms with Crippen molar-refractivity contribution in [2.75, 3.05) is 25.0 Å². The molecule has 0 atom stereocenters. The molecular formula is C21H22Cl2N4O. The number of hydrogen-bond donors (Lipinski definition) is 0. The van der Waals surface area contributed by atoms with Crippen LogP contribution in [-0.4, -0.2) is 40.3 Å². The standard InChI is InChI=1S/C21H22Cl2N4O/c1-25(18-5-3-2-4-6-18)21(28)15-7-9-26(10-8-15)13-17-14-27-12-16(22)11-19(23)20(27)24-17/h2-6,11-12,14-15H,7-10,13H2,1H3. The Morgan fingerprint density at radius 3 is 2.61 bits per heavy atom. The zero-order valence-electron chi connectivity index (χ0n) is 15.7. The Morgan fingerprint density at radius 2 is 1.89 bits per heavy atom. The van der Waals surface area contributed by atoms with Crippen LogP contribution in [0.4, 0.5) is 5.69 Å². The molecule has 0 unspecified atom stereocenters. The zero-order valence-corrected chi connectivity index (χ0v) is 17.2. The number of rotatable bonds is 4. The van der Waals surface area contributed by atoms with Crippen molar-refractivity contribution in [3.8, 4) is 0 Å². The second-order valence-corrected chi connectivity index (χ2v) is 8.10. The van der Waals surface area contributed by atoms with Gasteiger partial charge >= 0.3 is 0 Å². The van der Waals surface area contributed by atoms with Gasteiger partial charge in [0.05, 0.1) is 15.7 Å². The Balaban J connectivity index is 1.37. The molecule has 4 rings (SSSR count). The van der Waals surface area contributed by atoms with Gasteiger partial charge in [-0.05, 0) is 44.1 Å². The van der Waals surface area contributed by atoms with Gasteiger partial charge < -0.3 is 9.30 Å². The van der Waals surface area contributed by atoms with Gasteiger partial charge in [0.15, 0.2) is 5.65 Å². The summed E-state index contributed by atoms with van der Waals surface area (Å²) in [7, 11) is 1.86. The number of aromatic nitrogens is 2. The third kappa shape index (κ3) is 4.02. The van der Waals surface area contributed by atoms with Crippen LogP contribution in [0.15, 0.2) is 48.8 Å². The lowest BCUT2D eigenvalue weighted by Gasteiger charge is -2.32. The van der Waals surface area contributed by atoms with E-state index >= 15 is 0 Å². The molecule has 1 saturated heterocycles. The lowest BCUT2D eigenvalue weighted by Crippen LogP contribution is -2.41. The predicted molar refractivity (Wildman–Crippen MR) is 113 cm³/mol. The van der Waals surface area contributed by atoms with Crippen molar-refractivity contribution in [3.05, 3.63) is 64.5 Å². The number of imidazole rings is 1. The fourth-order valence-corrected chi connectivity index (χ4v) is 4.30. The molecule has 1 amide bonds. The molecule has 0 spiro atoms. The van der Waals surface area contributed by atoms with E-state index in [1.54, 1.807) is 11.0 Å². The van der Waals surface area contributed by atoms with Gasteiger partial charge in [0, 0.05) is 37.6 Å². The van der Waals surface area contributed by atoms with Crippen LogP contribution in [0.1, 0.15) is 18.5 Å². The van der Waals surface area contributed by atoms with Crippen molar-refractivity contribution < 1.29 is 4.79 Å². The molecule has 146 valence electrons. The minimum atomic E-state index is 0.0655. The summed E-state index contributed by atoms with van der Waals surface area (Å²) in [6.45, 7) is 2.49. The van der Waals surface area contributed by atoms with Crippen molar-refractivity contribution in [2.45, 2.75) is 19.4 Å². The lowest BCUT2D eigenvalue weighted by atomic mass is 9.95. The molecule has 3 heterocycles. The lowest BCUT2D eigenvalue weighted by molar-refractivity contribution is -0.123. The number of halogens is 2. The Morgan fingerprint density at radius 1 is 1.18 bits per heavy atom. The maximum Gasteiger partial charge on any atom is 0.229 e. The monoisotopic (exact) mass is 416 g/mol. The SMILES string of the molecule is CN(C(=O)C1CCN(Cc2cn3cc(Cl)cc(Cl)c3n2)CC1)c1ccccc1. The van der Waals surface area contributed by atoms with Gasteiger partial charge in [-0.1, -0.05) is 41.4 Å². The summed E-state index contributed by atoms with van der Waals surface area (Å²) in [5, 5.41) is 1.13. The molecule has 0 N–H and O–H groups in total. The van der Waals surface area contributed by atoms with Crippen LogP contribution < -0.4 is 4.90 Å². The van der Waals surface area contributed by atoms with Crippen molar-refractivity contribution >= 4 is 40.4 Å². The molecule has 0 aliphatic carbocycles. The molecule has 1 fully saturated rings. The van der Waals surface area contributed by atoms with E-state index in [0.29, 0.717) is 10.0 Å². The molecule has 28 heavy (non-hydrogen) atoms. The van der Waals surface area contributed by atoms with E-state index in [1.165, 1.54) is 0 Å². The molecule has 1 aromatic carbocycles. The van der Waals surface area contributed by atoms with E-state index in [9.17, 15) is 4.79 Å². The van der Waals surface area contributed by atoms with Gasteiger partial charge in [0.2, 0.25) is 5.91 Å². The Kier molecular flexibility index (Phi) is 5.58. The summed E-state index contributed by atoms with van der Waals surface area (Å²) in [5.74, 6) is 0.260. The average Bonchev–Trinajstić information content (AvgIpc) is 3.11. The van der Waals surface area contributed by atoms with Crippen molar-refractivity contribution in [1.82, 2.24) is 14.3 Å². The van der Waals surface area contributed by atoms with E-state index in [0.717, 1.165) is 49.5 Å². The molecular weight excluding hydrogens is 395 g/mol. The summed E-state index contributed by atoms with van der Waals surface area (Å²) < 4.78 is 1.87. The van der Waals surface area contributed by atoms with E-state index in [4.69, 9.17) is 23.2 Å². The number of amides is 1. The van der Waals surface area contributed by atoms with Crippen LogP contribution >= 0.6 is 23.2 Å². The Labute approximate surface area is 174 Å². The van der Waals surface area contributed by atoms with Crippen molar-refractivity contribution in [2.24, 2.45) is 5.92 Å². The summed E-state index contributed by atoms with van der Waals surface area (Å²) in [6, 6.07) is 11.5. The minimum Gasteiger partial charge on any atom is -0.315 e. The number of anilines is 1. The summed E-state index contributed by atoms with van der Waals surface area (Å²) >= 11 is 12.3. The van der Waals surface area contributed by atoms with Crippen LogP contribution in [0, 0.1) is 5.92 Å². The summed E-state index contributed by atoms with van der Waals surface area (Å²) in [6.07, 6.45) is 5.49. The highest BCUT2D eigenvalue weighted by atomic mass is 35.5. The topological polar surface area (TPSA) is 40.9 Å². The number of carbonyl (C=O) groups excluding carboxylic acids is 1. The Bertz CT molecular complexity index is 981. The molecule has 1 aliphatic heterocycles. The molecule has 1 aliphatic rings. The molecule has 3 aromatic rings. The number of likely N-dealkylation sites (tertiary alicyclic amines) is 1. The van der Waals surface area contributed by atoms with Crippen LogP contribution in [0.3, 0.4) is 0 Å². The fourth-order valence-electron chi connectivity index (χ4n) is 3.77. The Hall–Kier alpha value is -2.08. The van der Waals surface area contributed by atoms with Gasteiger partial charge in [0.1, 0.15) is 0 Å². The van der Waals surface area contributed by atoms with Gasteiger partial charge in [0.25, 0.3) is 0 Å². The van der Waals surface area contributed by atoms with Crippen LogP contribution in [0.2, 0.25) is 10.0 Å². The third-order valence-corrected chi connectivity index (χ3v) is 5.80.